The van der Waals surface area contributed by atoms with E-state index in [9.17, 15) is 39.3 Å². The third-order valence-corrected chi connectivity index (χ3v) is 8.93. The number of aromatic nitrogens is 2. The Kier molecular flexibility index (Phi) is 14.1. The van der Waals surface area contributed by atoms with Gasteiger partial charge in [-0.1, -0.05) is 50.2 Å². The van der Waals surface area contributed by atoms with Gasteiger partial charge in [-0.05, 0) is 69.9 Å². The van der Waals surface area contributed by atoms with Gasteiger partial charge in [0.2, 0.25) is 11.8 Å². The first kappa shape index (κ1) is 42.8. The number of hydrogen-bond acceptors (Lipinski definition) is 12. The van der Waals surface area contributed by atoms with Gasteiger partial charge in [0.05, 0.1) is 6.61 Å². The number of esters is 2. The van der Waals surface area contributed by atoms with E-state index < -0.39 is 77.6 Å². The van der Waals surface area contributed by atoms with Crippen LogP contribution in [0.15, 0.2) is 59.5 Å². The lowest BCUT2D eigenvalue weighted by Gasteiger charge is -2.29. The highest BCUT2D eigenvalue weighted by Gasteiger charge is 2.44. The summed E-state index contributed by atoms with van der Waals surface area (Å²) < 4.78 is 17.7. The molecule has 0 aliphatic carbocycles. The number of ether oxygens (including phenoxy) is 3. The molecule has 1 fully saturated rings. The van der Waals surface area contributed by atoms with Crippen LogP contribution in [-0.2, 0) is 40.5 Å². The van der Waals surface area contributed by atoms with Crippen LogP contribution >= 0.6 is 0 Å². The molecule has 0 bridgehead atoms. The van der Waals surface area contributed by atoms with Crippen molar-refractivity contribution in [1.29, 1.82) is 0 Å². The number of aliphatic hydroxyl groups excluding tert-OH is 3. The summed E-state index contributed by atoms with van der Waals surface area (Å²) in [6, 6.07) is 13.3. The number of nitrogens with one attached hydrogen (secondary N) is 2. The highest BCUT2D eigenvalue weighted by molar-refractivity contribution is 5.91. The molecule has 2 unspecified atom stereocenters. The van der Waals surface area contributed by atoms with Crippen molar-refractivity contribution in [2.45, 2.75) is 122 Å². The minimum atomic E-state index is -1.48. The van der Waals surface area contributed by atoms with Crippen molar-refractivity contribution in [3.8, 4) is 5.75 Å². The molecule has 15 heteroatoms. The fourth-order valence-electron chi connectivity index (χ4n) is 6.59. The fraction of sp³-hybridized carbons (Fsp3) is 0.500. The lowest BCUT2D eigenvalue weighted by molar-refractivity contribution is -0.158. The van der Waals surface area contributed by atoms with Crippen molar-refractivity contribution in [3.05, 3.63) is 87.5 Å². The third-order valence-electron chi connectivity index (χ3n) is 8.93. The Morgan fingerprint density at radius 1 is 0.964 bits per heavy atom. The van der Waals surface area contributed by atoms with Gasteiger partial charge in [-0.2, -0.15) is 4.98 Å². The van der Waals surface area contributed by atoms with Crippen molar-refractivity contribution in [3.63, 3.8) is 0 Å². The number of carbonyl (C=O) groups is 4. The molecule has 2 aromatic carbocycles. The minimum absolute atomic E-state index is 0.0352. The van der Waals surface area contributed by atoms with Gasteiger partial charge >= 0.3 is 17.6 Å². The van der Waals surface area contributed by atoms with Crippen molar-refractivity contribution < 1.29 is 48.7 Å². The summed E-state index contributed by atoms with van der Waals surface area (Å²) in [5, 5.41) is 35.0. The van der Waals surface area contributed by atoms with Gasteiger partial charge in [0.1, 0.15) is 41.5 Å². The molecule has 0 saturated carbocycles. The second kappa shape index (κ2) is 18.1. The van der Waals surface area contributed by atoms with Crippen LogP contribution in [0.1, 0.15) is 88.8 Å². The molecule has 4 rings (SSSR count). The zero-order valence-corrected chi connectivity index (χ0v) is 32.3. The van der Waals surface area contributed by atoms with Gasteiger partial charge in [0.25, 0.3) is 0 Å². The van der Waals surface area contributed by atoms with Gasteiger partial charge in [0.15, 0.2) is 6.23 Å². The van der Waals surface area contributed by atoms with E-state index in [0.717, 1.165) is 21.3 Å². The Labute approximate surface area is 320 Å². The summed E-state index contributed by atoms with van der Waals surface area (Å²) in [7, 11) is 0. The molecule has 0 radical (unpaired) electrons. The van der Waals surface area contributed by atoms with E-state index in [-0.39, 0.29) is 43.7 Å². The largest absolute Gasteiger partial charge is 0.458 e. The standard InChI is InChI=1S/C40H52N4O11/c1-23-18-24(2)33(40(6,7)21-31(47)42-29-16-17-44(38(52)43-29)36-35(50)34(49)28(22-45)54-36)27(19-23)53-32(48)15-11-14-30(46)41-26(37(51)55-39(3,4)5)20-25-12-9-8-10-13-25/h8-10,12-13,16-19,26,28,34-36,45,49-50H,11,14-15,20-22H2,1-7H3,(H,41,46)(H,42,43,47,52)/t26?,28-,34-,35+,36?/m1/s1. The van der Waals surface area contributed by atoms with Gasteiger partial charge in [0, 0.05) is 42.9 Å². The Bertz CT molecular complexity index is 1900. The topological polar surface area (TPSA) is 216 Å². The van der Waals surface area contributed by atoms with Crippen molar-refractivity contribution in [2.75, 3.05) is 11.9 Å². The molecule has 2 heterocycles. The second-order valence-electron chi connectivity index (χ2n) is 15.5. The average molecular weight is 765 g/mol. The van der Waals surface area contributed by atoms with Crippen molar-refractivity contribution in [2.24, 2.45) is 0 Å². The SMILES string of the molecule is Cc1cc(C)c(C(C)(C)CC(=O)Nc2ccn(C3O[C@H](CO)[C@@H](O)[C@@H]3O)c(=O)n2)c(OC(=O)CCCC(=O)NC(Cc2ccccc2)C(=O)OC(C)(C)C)c1. The molecular formula is C40H52N4O11. The van der Waals surface area contributed by atoms with Crippen molar-refractivity contribution >= 4 is 29.6 Å². The number of aryl methyl sites for hydroxylation is 2. The fourth-order valence-corrected chi connectivity index (χ4v) is 6.59. The van der Waals surface area contributed by atoms with Crippen LogP contribution in [0.2, 0.25) is 0 Å². The van der Waals surface area contributed by atoms with Crippen LogP contribution < -0.4 is 21.1 Å². The summed E-state index contributed by atoms with van der Waals surface area (Å²) in [4.78, 5) is 68.9. The van der Waals surface area contributed by atoms with Crippen molar-refractivity contribution in [1.82, 2.24) is 14.9 Å². The summed E-state index contributed by atoms with van der Waals surface area (Å²) >= 11 is 0. The first-order valence-electron chi connectivity index (χ1n) is 18.2. The second-order valence-corrected chi connectivity index (χ2v) is 15.5. The first-order chi connectivity index (χ1) is 25.8. The number of rotatable bonds is 15. The van der Waals surface area contributed by atoms with Gasteiger partial charge < -0.3 is 40.2 Å². The molecule has 55 heavy (non-hydrogen) atoms. The normalized spacial score (nSPS) is 19.0. The zero-order chi connectivity index (χ0) is 40.7. The Balaban J connectivity index is 1.37. The smallest absolute Gasteiger partial charge is 0.351 e. The maximum absolute atomic E-state index is 13.3. The van der Waals surface area contributed by atoms with E-state index in [2.05, 4.69) is 15.6 Å². The maximum Gasteiger partial charge on any atom is 0.351 e. The van der Waals surface area contributed by atoms with Crippen LogP contribution in [-0.4, -0.2) is 85.2 Å². The van der Waals surface area contributed by atoms with Crippen LogP contribution in [0, 0.1) is 13.8 Å². The monoisotopic (exact) mass is 764 g/mol. The average Bonchev–Trinajstić information content (AvgIpc) is 3.35. The van der Waals surface area contributed by atoms with Gasteiger partial charge in [-0.3, -0.25) is 19.0 Å². The molecule has 2 amide bonds. The summed E-state index contributed by atoms with van der Waals surface area (Å²) in [6.07, 6.45) is -3.80. The number of hydrogen-bond donors (Lipinski definition) is 5. The highest BCUT2D eigenvalue weighted by Crippen LogP contribution is 2.38. The van der Waals surface area contributed by atoms with Crippen LogP contribution in [0.3, 0.4) is 0 Å². The summed E-state index contributed by atoms with van der Waals surface area (Å²) in [6.45, 7) is 12.0. The van der Waals surface area contributed by atoms with E-state index in [4.69, 9.17) is 14.2 Å². The molecular weight excluding hydrogens is 712 g/mol. The predicted octanol–water partition coefficient (Wildman–Crippen LogP) is 2.92. The van der Waals surface area contributed by atoms with Crippen LogP contribution in [0.4, 0.5) is 5.82 Å². The Hall–Kier alpha value is -4.96. The molecule has 3 aromatic rings. The van der Waals surface area contributed by atoms with Gasteiger partial charge in [-0.25, -0.2) is 9.59 Å². The van der Waals surface area contributed by atoms with E-state index in [1.807, 2.05) is 64.1 Å². The lowest BCUT2D eigenvalue weighted by Crippen LogP contribution is -2.45. The van der Waals surface area contributed by atoms with Crippen LogP contribution in [0.25, 0.3) is 0 Å². The third kappa shape index (κ3) is 11.8. The highest BCUT2D eigenvalue weighted by atomic mass is 16.6. The number of carbonyl (C=O) groups excluding carboxylic acids is 4. The molecule has 1 aliphatic heterocycles. The molecule has 5 N–H and O–H groups in total. The molecule has 5 atom stereocenters. The van der Waals surface area contributed by atoms with E-state index in [1.165, 1.54) is 12.3 Å². The molecule has 1 aromatic heterocycles. The Morgan fingerprint density at radius 2 is 1.65 bits per heavy atom. The number of aliphatic hydroxyl groups is 3. The number of amides is 2. The zero-order valence-electron chi connectivity index (χ0n) is 32.3. The van der Waals surface area contributed by atoms with E-state index in [1.54, 1.807) is 26.8 Å². The quantitative estimate of drug-likeness (QED) is 0.112. The molecule has 0 spiro atoms. The summed E-state index contributed by atoms with van der Waals surface area (Å²) in [5.41, 5.74) is 0.604. The molecule has 15 nitrogen and oxygen atoms in total. The molecule has 1 saturated heterocycles. The number of nitrogens with zero attached hydrogens (tertiary/aromatic N) is 2. The molecule has 298 valence electrons. The summed E-state index contributed by atoms with van der Waals surface area (Å²) in [5.74, 6) is -1.81. The molecule has 1 aliphatic rings. The Morgan fingerprint density at radius 3 is 2.27 bits per heavy atom. The van der Waals surface area contributed by atoms with E-state index in [0.29, 0.717) is 5.56 Å². The lowest BCUT2D eigenvalue weighted by atomic mass is 9.78. The predicted molar refractivity (Wildman–Crippen MR) is 201 cm³/mol. The first-order valence-corrected chi connectivity index (χ1v) is 18.2. The number of anilines is 1. The minimum Gasteiger partial charge on any atom is -0.458 e. The maximum atomic E-state index is 13.3. The van der Waals surface area contributed by atoms with E-state index >= 15 is 0 Å². The number of benzene rings is 2. The van der Waals surface area contributed by atoms with Crippen LogP contribution in [0.5, 0.6) is 5.75 Å². The van der Waals surface area contributed by atoms with Gasteiger partial charge in [-0.15, -0.1) is 0 Å².